The van der Waals surface area contributed by atoms with Crippen LogP contribution in [0.2, 0.25) is 0 Å². The summed E-state index contributed by atoms with van der Waals surface area (Å²) in [5.41, 5.74) is 1.39. The summed E-state index contributed by atoms with van der Waals surface area (Å²) in [5.74, 6) is 1.35. The van der Waals surface area contributed by atoms with Crippen LogP contribution in [0, 0.1) is 6.92 Å². The molecule has 3 aromatic rings. The molecule has 0 saturated carbocycles. The first-order valence-electron chi connectivity index (χ1n) is 6.29. The van der Waals surface area contributed by atoms with Crippen molar-refractivity contribution in [2.45, 2.75) is 13.5 Å². The Morgan fingerprint density at radius 2 is 2.10 bits per heavy atom. The van der Waals surface area contributed by atoms with Crippen molar-refractivity contribution in [3.05, 3.63) is 54.1 Å². The summed E-state index contributed by atoms with van der Waals surface area (Å²) in [5, 5.41) is 6.37. The first kappa shape index (κ1) is 13.0. The van der Waals surface area contributed by atoms with Gasteiger partial charge in [0.15, 0.2) is 18.0 Å². The minimum absolute atomic E-state index is 0.198. The van der Waals surface area contributed by atoms with Gasteiger partial charge in [0.2, 0.25) is 5.89 Å². The second-order valence-corrected chi connectivity index (χ2v) is 4.36. The zero-order valence-corrected chi connectivity index (χ0v) is 11.2. The number of hydrogen-bond acceptors (Lipinski definition) is 6. The fraction of sp³-hybridized carbons (Fsp3) is 0.143. The molecule has 0 aliphatic carbocycles. The van der Waals surface area contributed by atoms with E-state index in [1.165, 1.54) is 6.39 Å². The second-order valence-electron chi connectivity index (χ2n) is 4.36. The van der Waals surface area contributed by atoms with Gasteiger partial charge in [-0.2, -0.15) is 4.98 Å². The molecule has 2 heterocycles. The van der Waals surface area contributed by atoms with Crippen LogP contribution in [0.15, 0.2) is 45.8 Å². The number of carbonyl (C=O) groups is 1. The number of benzene rings is 1. The van der Waals surface area contributed by atoms with E-state index in [-0.39, 0.29) is 12.5 Å². The maximum Gasteiger partial charge on any atom is 0.251 e. The highest BCUT2D eigenvalue weighted by Crippen LogP contribution is 2.18. The molecule has 0 spiro atoms. The number of hydrogen-bond donors (Lipinski definition) is 1. The van der Waals surface area contributed by atoms with Crippen molar-refractivity contribution < 1.29 is 13.7 Å². The van der Waals surface area contributed by atoms with Gasteiger partial charge in [-0.25, -0.2) is 4.98 Å². The van der Waals surface area contributed by atoms with E-state index in [2.05, 4.69) is 20.4 Å². The first-order valence-corrected chi connectivity index (χ1v) is 6.29. The van der Waals surface area contributed by atoms with Crippen molar-refractivity contribution >= 4 is 5.91 Å². The molecule has 0 bridgehead atoms. The normalized spacial score (nSPS) is 10.5. The highest BCUT2D eigenvalue weighted by atomic mass is 16.5. The third kappa shape index (κ3) is 2.97. The summed E-state index contributed by atoms with van der Waals surface area (Å²) < 4.78 is 10.1. The summed E-state index contributed by atoms with van der Waals surface area (Å²) in [6.45, 7) is 1.92. The maximum atomic E-state index is 12.0. The van der Waals surface area contributed by atoms with Crippen LogP contribution in [0.25, 0.3) is 11.3 Å². The minimum Gasteiger partial charge on any atom is -0.444 e. The molecule has 0 aliphatic heterocycles. The van der Waals surface area contributed by atoms with Crippen molar-refractivity contribution in [2.24, 2.45) is 0 Å². The van der Waals surface area contributed by atoms with Crippen LogP contribution in [0.4, 0.5) is 0 Å². The lowest BCUT2D eigenvalue weighted by atomic mass is 10.1. The van der Waals surface area contributed by atoms with Crippen molar-refractivity contribution in [3.8, 4) is 11.3 Å². The van der Waals surface area contributed by atoms with Crippen LogP contribution < -0.4 is 5.32 Å². The molecule has 106 valence electrons. The van der Waals surface area contributed by atoms with Gasteiger partial charge in [-0.05, 0) is 19.1 Å². The molecule has 7 heteroatoms. The van der Waals surface area contributed by atoms with Gasteiger partial charge in [0, 0.05) is 11.1 Å². The molecular weight excluding hydrogens is 272 g/mol. The Balaban J connectivity index is 1.65. The number of oxazole rings is 1. The summed E-state index contributed by atoms with van der Waals surface area (Å²) >= 11 is 0. The molecule has 3 rings (SSSR count). The van der Waals surface area contributed by atoms with Crippen molar-refractivity contribution in [2.75, 3.05) is 0 Å². The Bertz CT molecular complexity index is 732. The van der Waals surface area contributed by atoms with E-state index in [9.17, 15) is 4.79 Å². The maximum absolute atomic E-state index is 12.0. The summed E-state index contributed by atoms with van der Waals surface area (Å²) in [4.78, 5) is 19.9. The number of nitrogens with one attached hydrogen (secondary N) is 1. The van der Waals surface area contributed by atoms with Crippen LogP contribution in [0.5, 0.6) is 0 Å². The van der Waals surface area contributed by atoms with E-state index in [1.807, 2.05) is 0 Å². The lowest BCUT2D eigenvalue weighted by Gasteiger charge is -2.03. The first-order chi connectivity index (χ1) is 10.2. The fourth-order valence-corrected chi connectivity index (χ4v) is 1.81. The quantitative estimate of drug-likeness (QED) is 0.787. The van der Waals surface area contributed by atoms with Gasteiger partial charge < -0.3 is 14.3 Å². The van der Waals surface area contributed by atoms with Crippen LogP contribution in [-0.4, -0.2) is 21.0 Å². The molecule has 1 amide bonds. The fourth-order valence-electron chi connectivity index (χ4n) is 1.81. The van der Waals surface area contributed by atoms with Gasteiger partial charge in [0.05, 0.1) is 12.7 Å². The van der Waals surface area contributed by atoms with Gasteiger partial charge in [-0.1, -0.05) is 17.3 Å². The van der Waals surface area contributed by atoms with E-state index < -0.39 is 0 Å². The van der Waals surface area contributed by atoms with E-state index >= 15 is 0 Å². The Labute approximate surface area is 120 Å². The molecule has 21 heavy (non-hydrogen) atoms. The second kappa shape index (κ2) is 5.58. The van der Waals surface area contributed by atoms with Crippen molar-refractivity contribution in [3.63, 3.8) is 0 Å². The third-order valence-corrected chi connectivity index (χ3v) is 2.83. The summed E-state index contributed by atoms with van der Waals surface area (Å²) in [6.07, 6.45) is 2.98. The molecule has 1 aromatic carbocycles. The summed E-state index contributed by atoms with van der Waals surface area (Å²) in [7, 11) is 0. The highest BCUT2D eigenvalue weighted by molar-refractivity contribution is 5.94. The molecule has 0 atom stereocenters. The number of aromatic nitrogens is 3. The predicted molar refractivity (Wildman–Crippen MR) is 72.1 cm³/mol. The Morgan fingerprint density at radius 3 is 2.71 bits per heavy atom. The Morgan fingerprint density at radius 1 is 1.29 bits per heavy atom. The lowest BCUT2D eigenvalue weighted by Crippen LogP contribution is -2.22. The van der Waals surface area contributed by atoms with Crippen LogP contribution in [-0.2, 0) is 6.54 Å². The average molecular weight is 284 g/mol. The molecule has 1 N–H and O–H groups in total. The molecule has 2 aromatic heterocycles. The summed E-state index contributed by atoms with van der Waals surface area (Å²) in [6, 6.07) is 7.02. The topological polar surface area (TPSA) is 94.1 Å². The van der Waals surface area contributed by atoms with Gasteiger partial charge in [-0.3, -0.25) is 4.79 Å². The van der Waals surface area contributed by atoms with E-state index in [0.717, 1.165) is 5.56 Å². The monoisotopic (exact) mass is 284 g/mol. The molecule has 0 fully saturated rings. The predicted octanol–water partition coefficient (Wildman–Crippen LogP) is 1.96. The minimum atomic E-state index is -0.213. The van der Waals surface area contributed by atoms with Gasteiger partial charge in [-0.15, -0.1) is 0 Å². The largest absolute Gasteiger partial charge is 0.444 e. The Hall–Kier alpha value is -2.96. The molecule has 0 unspecified atom stereocenters. The van der Waals surface area contributed by atoms with Gasteiger partial charge in [0.25, 0.3) is 5.91 Å². The van der Waals surface area contributed by atoms with Crippen molar-refractivity contribution in [1.82, 2.24) is 20.4 Å². The van der Waals surface area contributed by atoms with E-state index in [0.29, 0.717) is 23.0 Å². The van der Waals surface area contributed by atoms with Gasteiger partial charge >= 0.3 is 0 Å². The Kier molecular flexibility index (Phi) is 3.46. The molecule has 7 nitrogen and oxygen atoms in total. The SMILES string of the molecule is Cc1noc(CNC(=O)c2ccc(-c3cnco3)cc2)n1. The molecule has 0 aliphatic rings. The molecular formula is C14H12N4O3. The van der Waals surface area contributed by atoms with E-state index in [1.54, 1.807) is 37.4 Å². The lowest BCUT2D eigenvalue weighted by molar-refractivity contribution is 0.0946. The number of carbonyl (C=O) groups excluding carboxylic acids is 1. The van der Waals surface area contributed by atoms with E-state index in [4.69, 9.17) is 8.94 Å². The third-order valence-electron chi connectivity index (χ3n) is 2.83. The van der Waals surface area contributed by atoms with Crippen LogP contribution >= 0.6 is 0 Å². The number of nitrogens with zero attached hydrogens (tertiary/aromatic N) is 3. The number of amides is 1. The highest BCUT2D eigenvalue weighted by Gasteiger charge is 2.09. The zero-order chi connectivity index (χ0) is 14.7. The van der Waals surface area contributed by atoms with Crippen molar-refractivity contribution in [1.29, 1.82) is 0 Å². The molecule has 0 saturated heterocycles. The van der Waals surface area contributed by atoms with Crippen LogP contribution in [0.1, 0.15) is 22.1 Å². The smallest absolute Gasteiger partial charge is 0.251 e. The van der Waals surface area contributed by atoms with Crippen LogP contribution in [0.3, 0.4) is 0 Å². The van der Waals surface area contributed by atoms with Gasteiger partial charge in [0.1, 0.15) is 0 Å². The number of aryl methyl sites for hydroxylation is 1. The molecule has 0 radical (unpaired) electrons. The standard InChI is InChI=1S/C14H12N4O3/c1-9-17-13(21-18-9)7-16-14(19)11-4-2-10(3-5-11)12-6-15-8-20-12/h2-6,8H,7H2,1H3,(H,16,19). The average Bonchev–Trinajstić information content (AvgIpc) is 3.16. The number of rotatable bonds is 4. The zero-order valence-electron chi connectivity index (χ0n) is 11.2.